The second-order valence-corrected chi connectivity index (χ2v) is 9.53. The number of amides is 2. The smallest absolute Gasteiger partial charge is 0.276 e. The Morgan fingerprint density at radius 3 is 2.29 bits per heavy atom. The molecule has 3 aromatic rings. The van der Waals surface area contributed by atoms with Gasteiger partial charge in [0.1, 0.15) is 11.5 Å². The number of carbonyl (C=O) groups excluding carboxylic acids is 2. The molecule has 0 fully saturated rings. The van der Waals surface area contributed by atoms with E-state index in [9.17, 15) is 9.59 Å². The first-order valence-electron chi connectivity index (χ1n) is 10.6. The van der Waals surface area contributed by atoms with Crippen molar-refractivity contribution in [1.82, 2.24) is 16.2 Å². The molecule has 0 saturated heterocycles. The van der Waals surface area contributed by atoms with E-state index in [-0.39, 0.29) is 11.7 Å². The van der Waals surface area contributed by atoms with Crippen molar-refractivity contribution in [2.75, 3.05) is 13.2 Å². The Labute approximate surface area is 225 Å². The molecular formula is C25H23Br2N3O4S. The molecule has 0 atom stereocenters. The lowest BCUT2D eigenvalue weighted by atomic mass is 10.2. The maximum absolute atomic E-state index is 12.5. The number of carbonyl (C=O) groups is 2. The first-order chi connectivity index (χ1) is 16.8. The molecule has 2 amide bonds. The SMILES string of the molecule is Cc1ccc(OCC(=O)NNC(=S)NC(=O)c2ccc(OCCc3ccccc3)c(Br)c2)c(Br)c1. The van der Waals surface area contributed by atoms with E-state index in [2.05, 4.69) is 48.0 Å². The van der Waals surface area contributed by atoms with Gasteiger partial charge in [-0.2, -0.15) is 0 Å². The Bertz CT molecular complexity index is 1210. The van der Waals surface area contributed by atoms with Crippen LogP contribution in [0.5, 0.6) is 11.5 Å². The molecule has 0 bridgehead atoms. The van der Waals surface area contributed by atoms with Crippen LogP contribution in [0.4, 0.5) is 0 Å². The van der Waals surface area contributed by atoms with E-state index in [1.54, 1.807) is 24.3 Å². The molecule has 0 radical (unpaired) electrons. The fourth-order valence-corrected chi connectivity index (χ4v) is 4.16. The molecule has 182 valence electrons. The summed E-state index contributed by atoms with van der Waals surface area (Å²) in [5, 5.41) is 2.45. The molecule has 0 spiro atoms. The maximum Gasteiger partial charge on any atom is 0.276 e. The monoisotopic (exact) mass is 619 g/mol. The molecule has 7 nitrogen and oxygen atoms in total. The van der Waals surface area contributed by atoms with Crippen molar-refractivity contribution in [3.8, 4) is 11.5 Å². The van der Waals surface area contributed by atoms with Gasteiger partial charge in [0, 0.05) is 12.0 Å². The molecule has 0 heterocycles. The summed E-state index contributed by atoms with van der Waals surface area (Å²) in [6.07, 6.45) is 0.772. The predicted molar refractivity (Wildman–Crippen MR) is 145 cm³/mol. The van der Waals surface area contributed by atoms with Gasteiger partial charge >= 0.3 is 0 Å². The highest BCUT2D eigenvalue weighted by atomic mass is 79.9. The molecule has 0 saturated carbocycles. The number of hydrogen-bond donors (Lipinski definition) is 3. The van der Waals surface area contributed by atoms with E-state index in [0.717, 1.165) is 16.5 Å². The zero-order chi connectivity index (χ0) is 25.2. The molecular weight excluding hydrogens is 598 g/mol. The summed E-state index contributed by atoms with van der Waals surface area (Å²) in [5.74, 6) is 0.271. The lowest BCUT2D eigenvalue weighted by Gasteiger charge is -2.13. The Balaban J connectivity index is 1.41. The van der Waals surface area contributed by atoms with Gasteiger partial charge in [0.2, 0.25) is 0 Å². The van der Waals surface area contributed by atoms with Crippen molar-refractivity contribution in [1.29, 1.82) is 0 Å². The number of aryl methyl sites for hydroxylation is 1. The average molecular weight is 621 g/mol. The van der Waals surface area contributed by atoms with Crippen molar-refractivity contribution < 1.29 is 19.1 Å². The van der Waals surface area contributed by atoms with Gasteiger partial charge in [-0.25, -0.2) is 0 Å². The van der Waals surface area contributed by atoms with Crippen molar-refractivity contribution in [3.63, 3.8) is 0 Å². The molecule has 0 aliphatic carbocycles. The van der Waals surface area contributed by atoms with E-state index in [1.807, 2.05) is 49.4 Å². The van der Waals surface area contributed by atoms with Crippen molar-refractivity contribution >= 4 is 61.0 Å². The van der Waals surface area contributed by atoms with Gasteiger partial charge in [0.05, 0.1) is 15.6 Å². The van der Waals surface area contributed by atoms with Crippen molar-refractivity contribution in [2.24, 2.45) is 0 Å². The summed E-state index contributed by atoms with van der Waals surface area (Å²) in [7, 11) is 0. The second kappa shape index (κ2) is 13.2. The van der Waals surface area contributed by atoms with Crippen LogP contribution in [-0.4, -0.2) is 30.1 Å². The highest BCUT2D eigenvalue weighted by Crippen LogP contribution is 2.27. The van der Waals surface area contributed by atoms with E-state index in [0.29, 0.717) is 28.1 Å². The zero-order valence-electron chi connectivity index (χ0n) is 18.8. The van der Waals surface area contributed by atoms with Crippen LogP contribution in [0, 0.1) is 6.92 Å². The van der Waals surface area contributed by atoms with Gasteiger partial charge in [-0.15, -0.1) is 0 Å². The van der Waals surface area contributed by atoms with Crippen LogP contribution in [0.15, 0.2) is 75.7 Å². The van der Waals surface area contributed by atoms with Crippen molar-refractivity contribution in [2.45, 2.75) is 13.3 Å². The van der Waals surface area contributed by atoms with Crippen LogP contribution in [0.25, 0.3) is 0 Å². The largest absolute Gasteiger partial charge is 0.492 e. The highest BCUT2D eigenvalue weighted by molar-refractivity contribution is 9.10. The first-order valence-corrected chi connectivity index (χ1v) is 12.6. The molecule has 0 aromatic heterocycles. The van der Waals surface area contributed by atoms with E-state index in [4.69, 9.17) is 21.7 Å². The van der Waals surface area contributed by atoms with Gasteiger partial charge in [-0.1, -0.05) is 36.4 Å². The third-order valence-corrected chi connectivity index (χ3v) is 6.12. The Morgan fingerprint density at radius 2 is 1.57 bits per heavy atom. The van der Waals surface area contributed by atoms with Gasteiger partial charge in [0.15, 0.2) is 11.7 Å². The van der Waals surface area contributed by atoms with Crippen LogP contribution in [0.1, 0.15) is 21.5 Å². The van der Waals surface area contributed by atoms with Crippen LogP contribution in [0.3, 0.4) is 0 Å². The lowest BCUT2D eigenvalue weighted by molar-refractivity contribution is -0.123. The lowest BCUT2D eigenvalue weighted by Crippen LogP contribution is -2.49. The topological polar surface area (TPSA) is 88.7 Å². The summed E-state index contributed by atoms with van der Waals surface area (Å²) in [4.78, 5) is 24.5. The maximum atomic E-state index is 12.5. The summed E-state index contributed by atoms with van der Waals surface area (Å²) in [6.45, 7) is 2.23. The molecule has 0 aliphatic heterocycles. The molecule has 0 aliphatic rings. The van der Waals surface area contributed by atoms with Gasteiger partial charge in [0.25, 0.3) is 11.8 Å². The quantitative estimate of drug-likeness (QED) is 0.246. The van der Waals surface area contributed by atoms with Crippen LogP contribution < -0.4 is 25.6 Å². The number of nitrogens with one attached hydrogen (secondary N) is 3. The van der Waals surface area contributed by atoms with E-state index in [1.165, 1.54) is 5.56 Å². The van der Waals surface area contributed by atoms with E-state index >= 15 is 0 Å². The minimum Gasteiger partial charge on any atom is -0.492 e. The minimum atomic E-state index is -0.464. The number of hydrazine groups is 1. The fraction of sp³-hybridized carbons (Fsp3) is 0.160. The molecule has 3 N–H and O–H groups in total. The van der Waals surface area contributed by atoms with Gasteiger partial charge in [-0.05, 0) is 92.5 Å². The molecule has 3 aromatic carbocycles. The number of halogens is 2. The third kappa shape index (κ3) is 8.65. The first kappa shape index (κ1) is 26.7. The minimum absolute atomic E-state index is 0.0563. The highest BCUT2D eigenvalue weighted by Gasteiger charge is 2.12. The zero-order valence-corrected chi connectivity index (χ0v) is 22.8. The third-order valence-electron chi connectivity index (χ3n) is 4.67. The number of thiocarbonyl (C=S) groups is 1. The Kier molecular flexibility index (Phi) is 10.1. The summed E-state index contributed by atoms with van der Waals surface area (Å²) >= 11 is 11.9. The number of ether oxygens (including phenoxy) is 2. The van der Waals surface area contributed by atoms with Crippen molar-refractivity contribution in [3.05, 3.63) is 92.4 Å². The van der Waals surface area contributed by atoms with E-state index < -0.39 is 11.8 Å². The number of hydrogen-bond acceptors (Lipinski definition) is 5. The standard InChI is InChI=1S/C25H23Br2N3O4S/c1-16-7-9-22(19(26)13-16)34-15-23(31)29-30-25(35)28-24(32)18-8-10-21(20(27)14-18)33-12-11-17-5-3-2-4-6-17/h2-10,13-14H,11-12,15H2,1H3,(H,29,31)(H2,28,30,32,35). The summed E-state index contributed by atoms with van der Waals surface area (Å²) < 4.78 is 12.7. The van der Waals surface area contributed by atoms with Crippen LogP contribution in [-0.2, 0) is 11.2 Å². The normalized spacial score (nSPS) is 10.3. The van der Waals surface area contributed by atoms with Crippen LogP contribution in [0.2, 0.25) is 0 Å². The fourth-order valence-electron chi connectivity index (χ4n) is 2.92. The predicted octanol–water partition coefficient (Wildman–Crippen LogP) is 4.86. The molecule has 0 unspecified atom stereocenters. The summed E-state index contributed by atoms with van der Waals surface area (Å²) in [6, 6.07) is 20.5. The molecule has 3 rings (SSSR count). The Morgan fingerprint density at radius 1 is 0.886 bits per heavy atom. The molecule has 10 heteroatoms. The Hall–Kier alpha value is -2.95. The number of benzene rings is 3. The number of rotatable bonds is 8. The summed E-state index contributed by atoms with van der Waals surface area (Å²) in [5.41, 5.74) is 7.48. The average Bonchev–Trinajstić information content (AvgIpc) is 2.83. The second-order valence-electron chi connectivity index (χ2n) is 7.41. The molecule has 35 heavy (non-hydrogen) atoms. The van der Waals surface area contributed by atoms with Crippen LogP contribution >= 0.6 is 44.1 Å². The van der Waals surface area contributed by atoms with Gasteiger partial charge < -0.3 is 9.47 Å². The van der Waals surface area contributed by atoms with Gasteiger partial charge in [-0.3, -0.25) is 25.8 Å².